The SMILES string of the molecule is [2H]c1c([2H])c([2H])c(-c2c([2H])c([2H])c([2H])c3oc4c([2H])c([2H])c([2H])c(-c5cccc(-c6c7ccccc7c(-c7ccccc7)c7ccccc67)c5)c4c23)c([2H])c1[2H]. The molecule has 9 aromatic rings. The Hall–Kier alpha value is -5.92. The van der Waals surface area contributed by atoms with E-state index in [1.165, 1.54) is 0 Å². The van der Waals surface area contributed by atoms with Crippen molar-refractivity contribution in [3.63, 3.8) is 0 Å². The Morgan fingerprint density at radius 3 is 1.47 bits per heavy atom. The average Bonchev–Trinajstić information content (AvgIpc) is 3.61. The lowest BCUT2D eigenvalue weighted by Crippen LogP contribution is -1.91. The molecule has 0 aliphatic carbocycles. The molecule has 8 aromatic carbocycles. The van der Waals surface area contributed by atoms with Gasteiger partial charge >= 0.3 is 0 Å². The summed E-state index contributed by atoms with van der Waals surface area (Å²) in [4.78, 5) is 0. The number of hydrogen-bond donors (Lipinski definition) is 0. The zero-order valence-electron chi connectivity index (χ0n) is 34.7. The quantitative estimate of drug-likeness (QED) is 0.188. The molecule has 1 heteroatoms. The van der Waals surface area contributed by atoms with Crippen LogP contribution in [0.15, 0.2) is 174 Å². The van der Waals surface area contributed by atoms with E-state index in [0.29, 0.717) is 5.56 Å². The molecule has 0 spiro atoms. The van der Waals surface area contributed by atoms with Gasteiger partial charge in [0.1, 0.15) is 11.2 Å². The highest BCUT2D eigenvalue weighted by Gasteiger charge is 2.19. The summed E-state index contributed by atoms with van der Waals surface area (Å²) in [5.74, 6) is 0. The average molecular weight is 584 g/mol. The highest BCUT2D eigenvalue weighted by atomic mass is 16.3. The molecule has 1 heterocycles. The molecule has 1 nitrogen and oxygen atoms in total. The number of benzene rings is 8. The maximum atomic E-state index is 9.30. The van der Waals surface area contributed by atoms with Gasteiger partial charge in [-0.05, 0) is 84.2 Å². The van der Waals surface area contributed by atoms with Crippen molar-refractivity contribution in [2.24, 2.45) is 0 Å². The molecule has 9 rings (SSSR count). The zero-order valence-corrected chi connectivity index (χ0v) is 23.7. The standard InChI is InChI=1S/C44H28O/c1-3-14-29(15-4-1)33-24-12-26-39-43(33)44-34(25-13-27-40(44)45-39)31-18-11-19-32(28-31)42-37-22-9-7-20-35(37)41(30-16-5-2-6-17-30)36-21-8-10-23-38(36)42/h1-28H/i1D,3D,4D,12D,13D,14D,15D,24D,25D,26D,27D. The fourth-order valence-electron chi connectivity index (χ4n) is 6.47. The molecular weight excluding hydrogens is 544 g/mol. The van der Waals surface area contributed by atoms with Gasteiger partial charge in [-0.1, -0.05) is 151 Å². The molecule has 0 fully saturated rings. The second-order valence-electron chi connectivity index (χ2n) is 10.8. The van der Waals surface area contributed by atoms with E-state index >= 15 is 0 Å². The third kappa shape index (κ3) is 4.09. The smallest absolute Gasteiger partial charge is 0.136 e. The van der Waals surface area contributed by atoms with Crippen LogP contribution in [0.3, 0.4) is 0 Å². The highest BCUT2D eigenvalue weighted by molar-refractivity contribution is 6.22. The summed E-state index contributed by atoms with van der Waals surface area (Å²) in [7, 11) is 0. The first kappa shape index (κ1) is 16.8. The highest BCUT2D eigenvalue weighted by Crippen LogP contribution is 2.46. The number of furan rings is 1. The Kier molecular flexibility index (Phi) is 3.87. The summed E-state index contributed by atoms with van der Waals surface area (Å²) in [6, 6.07) is 27.8. The van der Waals surface area contributed by atoms with E-state index in [2.05, 4.69) is 36.4 Å². The monoisotopic (exact) mass is 583 g/mol. The maximum absolute atomic E-state index is 9.30. The van der Waals surface area contributed by atoms with E-state index < -0.39 is 60.4 Å². The minimum absolute atomic E-state index is 0.0463. The summed E-state index contributed by atoms with van der Waals surface area (Å²) in [5.41, 5.74) is 3.41. The number of fused-ring (bicyclic) bond motifs is 5. The molecule has 1 aromatic heterocycles. The van der Waals surface area contributed by atoms with Crippen LogP contribution in [-0.2, 0) is 0 Å². The van der Waals surface area contributed by atoms with Crippen molar-refractivity contribution in [3.05, 3.63) is 170 Å². The lowest BCUT2D eigenvalue weighted by Gasteiger charge is -2.18. The Morgan fingerprint density at radius 1 is 0.378 bits per heavy atom. The van der Waals surface area contributed by atoms with Crippen molar-refractivity contribution >= 4 is 43.5 Å². The van der Waals surface area contributed by atoms with Crippen LogP contribution in [0.5, 0.6) is 0 Å². The molecule has 210 valence electrons. The second-order valence-corrected chi connectivity index (χ2v) is 10.8. The molecule has 45 heavy (non-hydrogen) atoms. The van der Waals surface area contributed by atoms with Crippen LogP contribution in [0.25, 0.3) is 88.0 Å². The molecule has 0 saturated carbocycles. The lowest BCUT2D eigenvalue weighted by molar-refractivity contribution is 0.669. The van der Waals surface area contributed by atoms with E-state index in [0.717, 1.165) is 43.8 Å². The fourth-order valence-corrected chi connectivity index (χ4v) is 6.47. The largest absolute Gasteiger partial charge is 0.456 e. The van der Waals surface area contributed by atoms with Crippen LogP contribution in [0.2, 0.25) is 0 Å². The topological polar surface area (TPSA) is 13.1 Å². The maximum Gasteiger partial charge on any atom is 0.136 e. The molecule has 0 atom stereocenters. The Bertz CT molecular complexity index is 3070. The van der Waals surface area contributed by atoms with Gasteiger partial charge in [-0.15, -0.1) is 0 Å². The van der Waals surface area contributed by atoms with Crippen LogP contribution >= 0.6 is 0 Å². The van der Waals surface area contributed by atoms with Crippen molar-refractivity contribution in [2.75, 3.05) is 0 Å². The third-order valence-electron chi connectivity index (χ3n) is 8.32. The first-order chi connectivity index (χ1) is 26.9. The van der Waals surface area contributed by atoms with E-state index in [4.69, 9.17) is 18.1 Å². The van der Waals surface area contributed by atoms with Gasteiger partial charge < -0.3 is 4.42 Å². The van der Waals surface area contributed by atoms with Crippen molar-refractivity contribution in [1.82, 2.24) is 0 Å². The molecule has 0 aliphatic heterocycles. The second kappa shape index (κ2) is 10.4. The van der Waals surface area contributed by atoms with Gasteiger partial charge in [0.05, 0.1) is 15.1 Å². The summed E-state index contributed by atoms with van der Waals surface area (Å²) < 4.78 is 102. The van der Waals surface area contributed by atoms with Crippen LogP contribution in [0.4, 0.5) is 0 Å². The molecule has 0 radical (unpaired) electrons. The van der Waals surface area contributed by atoms with Crippen LogP contribution in [0, 0.1) is 0 Å². The van der Waals surface area contributed by atoms with E-state index in [-0.39, 0.29) is 44.7 Å². The summed E-state index contributed by atoms with van der Waals surface area (Å²) in [5, 5.41) is 4.07. The predicted octanol–water partition coefficient (Wildman–Crippen LogP) is 12.6. The van der Waals surface area contributed by atoms with Crippen molar-refractivity contribution in [3.8, 4) is 44.5 Å². The molecule has 0 bridgehead atoms. The van der Waals surface area contributed by atoms with Crippen molar-refractivity contribution in [2.45, 2.75) is 0 Å². The van der Waals surface area contributed by atoms with Gasteiger partial charge in [0.25, 0.3) is 0 Å². The van der Waals surface area contributed by atoms with Crippen LogP contribution in [0.1, 0.15) is 15.1 Å². The number of hydrogen-bond acceptors (Lipinski definition) is 1. The molecule has 0 saturated heterocycles. The Morgan fingerprint density at radius 2 is 0.867 bits per heavy atom. The molecular formula is C44H28O. The van der Waals surface area contributed by atoms with Crippen LogP contribution < -0.4 is 0 Å². The van der Waals surface area contributed by atoms with Crippen molar-refractivity contribution < 1.29 is 19.5 Å². The molecule has 0 aliphatic rings. The van der Waals surface area contributed by atoms with Gasteiger partial charge in [-0.3, -0.25) is 0 Å². The first-order valence-electron chi connectivity index (χ1n) is 20.0. The van der Waals surface area contributed by atoms with E-state index in [9.17, 15) is 1.37 Å². The molecule has 0 unspecified atom stereocenters. The van der Waals surface area contributed by atoms with Crippen LogP contribution in [-0.4, -0.2) is 0 Å². The first-order valence-corrected chi connectivity index (χ1v) is 14.5. The summed E-state index contributed by atoms with van der Waals surface area (Å²) in [6.45, 7) is 0. The predicted molar refractivity (Wildman–Crippen MR) is 190 cm³/mol. The Labute approximate surface area is 277 Å². The molecule has 0 amide bonds. The van der Waals surface area contributed by atoms with Gasteiger partial charge in [0.2, 0.25) is 0 Å². The Balaban J connectivity index is 1.41. The lowest BCUT2D eigenvalue weighted by atomic mass is 9.85. The van der Waals surface area contributed by atoms with E-state index in [1.54, 1.807) is 6.07 Å². The fraction of sp³-hybridized carbons (Fsp3) is 0. The van der Waals surface area contributed by atoms with Gasteiger partial charge in [0, 0.05) is 10.8 Å². The zero-order chi connectivity index (χ0) is 39.3. The summed E-state index contributed by atoms with van der Waals surface area (Å²) in [6.07, 6.45) is 0. The third-order valence-corrected chi connectivity index (χ3v) is 8.32. The normalized spacial score (nSPS) is 15.0. The van der Waals surface area contributed by atoms with Gasteiger partial charge in [0.15, 0.2) is 0 Å². The minimum Gasteiger partial charge on any atom is -0.456 e. The van der Waals surface area contributed by atoms with E-state index in [1.807, 2.05) is 60.7 Å². The molecule has 0 N–H and O–H groups in total. The van der Waals surface area contributed by atoms with Gasteiger partial charge in [-0.25, -0.2) is 0 Å². The minimum atomic E-state index is -0.649. The van der Waals surface area contributed by atoms with Crippen molar-refractivity contribution in [1.29, 1.82) is 0 Å². The summed E-state index contributed by atoms with van der Waals surface area (Å²) >= 11 is 0. The number of rotatable bonds is 4. The van der Waals surface area contributed by atoms with Gasteiger partial charge in [-0.2, -0.15) is 0 Å².